The number of carboxylic acid groups (broad SMARTS) is 1. The van der Waals surface area contributed by atoms with Crippen molar-refractivity contribution < 1.29 is 19.5 Å². The van der Waals surface area contributed by atoms with E-state index < -0.39 is 12.0 Å². The molecule has 2 aliphatic heterocycles. The summed E-state index contributed by atoms with van der Waals surface area (Å²) in [6.45, 7) is 1.07. The Labute approximate surface area is 122 Å². The van der Waals surface area contributed by atoms with Gasteiger partial charge in [-0.15, -0.1) is 0 Å². The molecule has 2 saturated heterocycles. The fourth-order valence-electron chi connectivity index (χ4n) is 2.57. The number of amides is 2. The molecule has 0 bridgehead atoms. The van der Waals surface area contributed by atoms with Crippen LogP contribution in [0.25, 0.3) is 0 Å². The predicted molar refractivity (Wildman–Crippen MR) is 75.5 cm³/mol. The summed E-state index contributed by atoms with van der Waals surface area (Å²) >= 11 is 1.55. The van der Waals surface area contributed by atoms with Gasteiger partial charge in [-0.2, -0.15) is 11.8 Å². The van der Waals surface area contributed by atoms with Crippen LogP contribution in [0.2, 0.25) is 0 Å². The lowest BCUT2D eigenvalue weighted by Crippen LogP contribution is -2.53. The van der Waals surface area contributed by atoms with Crippen LogP contribution < -0.4 is 0 Å². The van der Waals surface area contributed by atoms with E-state index in [4.69, 9.17) is 0 Å². The fourth-order valence-corrected chi connectivity index (χ4v) is 3.60. The Balaban J connectivity index is 1.98. The van der Waals surface area contributed by atoms with Crippen molar-refractivity contribution in [2.75, 3.05) is 31.1 Å². The number of hydrogen-bond acceptors (Lipinski definition) is 4. The number of rotatable bonds is 3. The van der Waals surface area contributed by atoms with Crippen molar-refractivity contribution in [3.05, 3.63) is 0 Å². The van der Waals surface area contributed by atoms with Gasteiger partial charge in [-0.3, -0.25) is 9.59 Å². The van der Waals surface area contributed by atoms with E-state index >= 15 is 0 Å². The molecular weight excluding hydrogens is 280 g/mol. The van der Waals surface area contributed by atoms with Crippen molar-refractivity contribution in [3.8, 4) is 0 Å². The molecule has 2 aliphatic rings. The van der Waals surface area contributed by atoms with Crippen LogP contribution in [0, 0.1) is 0 Å². The number of carbonyl (C=O) groups excluding carboxylic acids is 2. The lowest BCUT2D eigenvalue weighted by atomic mass is 10.2. The molecule has 0 aromatic rings. The first kappa shape index (κ1) is 15.2. The van der Waals surface area contributed by atoms with E-state index in [1.807, 2.05) is 0 Å². The van der Waals surface area contributed by atoms with E-state index in [-0.39, 0.29) is 18.4 Å². The standard InChI is InChI=1S/C13H20N2O4S/c16-11-4-2-1-3-5-14(11)8-12(17)15-6-7-20-9-10(15)13(18)19/h10H,1-9H2,(H,18,19). The molecule has 2 amide bonds. The molecule has 0 spiro atoms. The summed E-state index contributed by atoms with van der Waals surface area (Å²) in [5.74, 6) is -0.0202. The van der Waals surface area contributed by atoms with Gasteiger partial charge in [-0.25, -0.2) is 4.79 Å². The van der Waals surface area contributed by atoms with Crippen LogP contribution in [-0.2, 0) is 14.4 Å². The van der Waals surface area contributed by atoms with Gasteiger partial charge in [0.2, 0.25) is 11.8 Å². The number of carbonyl (C=O) groups is 3. The van der Waals surface area contributed by atoms with Crippen LogP contribution in [0.1, 0.15) is 25.7 Å². The number of hydrogen-bond donors (Lipinski definition) is 1. The highest BCUT2D eigenvalue weighted by atomic mass is 32.2. The molecule has 20 heavy (non-hydrogen) atoms. The predicted octanol–water partition coefficient (Wildman–Crippen LogP) is 0.418. The van der Waals surface area contributed by atoms with Crippen LogP contribution in [0.4, 0.5) is 0 Å². The lowest BCUT2D eigenvalue weighted by Gasteiger charge is -2.34. The number of nitrogens with zero attached hydrogens (tertiary/aromatic N) is 2. The summed E-state index contributed by atoms with van der Waals surface area (Å²) < 4.78 is 0. The van der Waals surface area contributed by atoms with Gasteiger partial charge in [0.15, 0.2) is 0 Å². The molecule has 2 rings (SSSR count). The smallest absolute Gasteiger partial charge is 0.327 e. The molecule has 6 nitrogen and oxygen atoms in total. The van der Waals surface area contributed by atoms with Crippen molar-refractivity contribution in [1.82, 2.24) is 9.80 Å². The Morgan fingerprint density at radius 3 is 2.80 bits per heavy atom. The van der Waals surface area contributed by atoms with E-state index in [0.717, 1.165) is 25.0 Å². The third kappa shape index (κ3) is 3.65. The second-order valence-electron chi connectivity index (χ2n) is 5.14. The van der Waals surface area contributed by atoms with Gasteiger partial charge in [-0.1, -0.05) is 6.42 Å². The molecule has 112 valence electrons. The zero-order valence-corrected chi connectivity index (χ0v) is 12.2. The SMILES string of the molecule is O=C(O)C1CSCCN1C(=O)CN1CCCCCC1=O. The molecule has 2 fully saturated rings. The first-order valence-electron chi connectivity index (χ1n) is 6.97. The summed E-state index contributed by atoms with van der Waals surface area (Å²) in [6, 6.07) is -0.761. The minimum absolute atomic E-state index is 0.00843. The summed E-state index contributed by atoms with van der Waals surface area (Å²) in [5.41, 5.74) is 0. The lowest BCUT2D eigenvalue weighted by molar-refractivity contribution is -0.150. The molecule has 1 atom stereocenters. The molecule has 7 heteroatoms. The van der Waals surface area contributed by atoms with Crippen LogP contribution in [0.15, 0.2) is 0 Å². The summed E-state index contributed by atoms with van der Waals surface area (Å²) in [5, 5.41) is 9.17. The fraction of sp³-hybridized carbons (Fsp3) is 0.769. The summed E-state index contributed by atoms with van der Waals surface area (Å²) in [7, 11) is 0. The van der Waals surface area contributed by atoms with Crippen molar-refractivity contribution in [2.45, 2.75) is 31.7 Å². The molecule has 0 radical (unpaired) electrons. The Kier molecular flexibility index (Phi) is 5.28. The molecule has 2 heterocycles. The van der Waals surface area contributed by atoms with Crippen molar-refractivity contribution in [2.24, 2.45) is 0 Å². The Hall–Kier alpha value is -1.24. The maximum atomic E-state index is 12.3. The van der Waals surface area contributed by atoms with Crippen LogP contribution in [-0.4, -0.2) is 69.9 Å². The average Bonchev–Trinajstić information content (AvgIpc) is 2.64. The van der Waals surface area contributed by atoms with Crippen molar-refractivity contribution in [1.29, 1.82) is 0 Å². The quantitative estimate of drug-likeness (QED) is 0.817. The van der Waals surface area contributed by atoms with Gasteiger partial charge in [0.25, 0.3) is 0 Å². The Morgan fingerprint density at radius 2 is 2.05 bits per heavy atom. The van der Waals surface area contributed by atoms with Crippen molar-refractivity contribution in [3.63, 3.8) is 0 Å². The van der Waals surface area contributed by atoms with Gasteiger partial charge < -0.3 is 14.9 Å². The highest BCUT2D eigenvalue weighted by Gasteiger charge is 2.33. The Morgan fingerprint density at radius 1 is 1.25 bits per heavy atom. The van der Waals surface area contributed by atoms with E-state index in [0.29, 0.717) is 25.3 Å². The minimum Gasteiger partial charge on any atom is -0.480 e. The monoisotopic (exact) mass is 300 g/mol. The molecular formula is C13H20N2O4S. The van der Waals surface area contributed by atoms with E-state index in [1.54, 1.807) is 16.7 Å². The van der Waals surface area contributed by atoms with Crippen LogP contribution >= 0.6 is 11.8 Å². The van der Waals surface area contributed by atoms with E-state index in [1.165, 1.54) is 4.90 Å². The first-order valence-corrected chi connectivity index (χ1v) is 8.13. The average molecular weight is 300 g/mol. The molecule has 0 aromatic carbocycles. The largest absolute Gasteiger partial charge is 0.480 e. The summed E-state index contributed by atoms with van der Waals surface area (Å²) in [6.07, 6.45) is 3.29. The minimum atomic E-state index is -0.965. The second-order valence-corrected chi connectivity index (χ2v) is 6.29. The van der Waals surface area contributed by atoms with Crippen LogP contribution in [0.5, 0.6) is 0 Å². The zero-order valence-electron chi connectivity index (χ0n) is 11.4. The Bertz CT molecular complexity index is 402. The maximum Gasteiger partial charge on any atom is 0.327 e. The molecule has 1 N–H and O–H groups in total. The zero-order chi connectivity index (χ0) is 14.5. The van der Waals surface area contributed by atoms with Gasteiger partial charge in [-0.05, 0) is 12.8 Å². The highest BCUT2D eigenvalue weighted by Crippen LogP contribution is 2.18. The van der Waals surface area contributed by atoms with Crippen LogP contribution in [0.3, 0.4) is 0 Å². The molecule has 1 unspecified atom stereocenters. The van der Waals surface area contributed by atoms with E-state index in [2.05, 4.69) is 0 Å². The number of likely N-dealkylation sites (tertiary alicyclic amines) is 1. The van der Waals surface area contributed by atoms with Gasteiger partial charge in [0, 0.05) is 31.0 Å². The number of thioether (sulfide) groups is 1. The third-order valence-corrected chi connectivity index (χ3v) is 4.75. The third-order valence-electron chi connectivity index (χ3n) is 3.73. The first-order chi connectivity index (χ1) is 9.59. The second kappa shape index (κ2) is 6.97. The molecule has 0 aromatic heterocycles. The normalized spacial score (nSPS) is 24.4. The molecule has 0 aliphatic carbocycles. The topological polar surface area (TPSA) is 77.9 Å². The van der Waals surface area contributed by atoms with Crippen molar-refractivity contribution >= 4 is 29.5 Å². The number of aliphatic carboxylic acids is 1. The van der Waals surface area contributed by atoms with Gasteiger partial charge in [0.05, 0.1) is 6.54 Å². The summed E-state index contributed by atoms with van der Waals surface area (Å²) in [4.78, 5) is 38.4. The maximum absolute atomic E-state index is 12.3. The van der Waals surface area contributed by atoms with E-state index in [9.17, 15) is 19.5 Å². The molecule has 0 saturated carbocycles. The van der Waals surface area contributed by atoms with Gasteiger partial charge >= 0.3 is 5.97 Å². The highest BCUT2D eigenvalue weighted by molar-refractivity contribution is 7.99. The number of carboxylic acids is 1. The van der Waals surface area contributed by atoms with Gasteiger partial charge in [0.1, 0.15) is 6.04 Å².